The molecule has 8 heteroatoms. The minimum atomic E-state index is -0.986. The van der Waals surface area contributed by atoms with Crippen molar-refractivity contribution in [1.82, 2.24) is 9.88 Å². The van der Waals surface area contributed by atoms with E-state index >= 15 is 0 Å². The minimum Gasteiger partial charge on any atom is -0.480 e. The van der Waals surface area contributed by atoms with Gasteiger partial charge in [0.25, 0.3) is 5.56 Å². The Kier molecular flexibility index (Phi) is 8.11. The van der Waals surface area contributed by atoms with Gasteiger partial charge in [0.15, 0.2) is 5.78 Å². The Bertz CT molecular complexity index is 1360. The van der Waals surface area contributed by atoms with Crippen LogP contribution in [-0.2, 0) is 11.3 Å². The number of nitrogens with zero attached hydrogens (tertiary/aromatic N) is 1. The van der Waals surface area contributed by atoms with E-state index in [2.05, 4.69) is 5.32 Å². The van der Waals surface area contributed by atoms with E-state index in [-0.39, 0.29) is 28.8 Å². The molecule has 4 rings (SSSR count). The SMILES string of the molecule is CC(C)C[C@@](NCc1ccc(-n2c(N)c(C(=O)c3ccc(F)cc3)ccc2=O)cc1)(C(=O)O)C1CCCC1. The number of carboxylic acid groups (broad SMARTS) is 1. The second-order valence-corrected chi connectivity index (χ2v) is 10.5. The normalized spacial score (nSPS) is 15.5. The van der Waals surface area contributed by atoms with E-state index in [0.29, 0.717) is 18.7 Å². The highest BCUT2D eigenvalue weighted by atomic mass is 19.1. The zero-order valence-corrected chi connectivity index (χ0v) is 21.7. The zero-order chi connectivity index (χ0) is 27.4. The fourth-order valence-electron chi connectivity index (χ4n) is 5.57. The van der Waals surface area contributed by atoms with Crippen LogP contribution in [0.1, 0.15) is 67.4 Å². The van der Waals surface area contributed by atoms with Crippen molar-refractivity contribution in [3.8, 4) is 5.69 Å². The van der Waals surface area contributed by atoms with Crippen LogP contribution in [0.4, 0.5) is 10.2 Å². The number of ketones is 1. The van der Waals surface area contributed by atoms with Crippen molar-refractivity contribution in [2.75, 3.05) is 5.73 Å². The van der Waals surface area contributed by atoms with Crippen LogP contribution in [0, 0.1) is 17.7 Å². The number of nitrogen functional groups attached to an aromatic ring is 1. The average molecular weight is 520 g/mol. The van der Waals surface area contributed by atoms with Gasteiger partial charge in [0.1, 0.15) is 17.2 Å². The van der Waals surface area contributed by atoms with Crippen LogP contribution in [0.25, 0.3) is 5.69 Å². The number of pyridine rings is 1. The maximum atomic E-state index is 13.3. The number of hydrogen-bond acceptors (Lipinski definition) is 5. The highest BCUT2D eigenvalue weighted by Gasteiger charge is 2.46. The third-order valence-corrected chi connectivity index (χ3v) is 7.45. The highest BCUT2D eigenvalue weighted by Crippen LogP contribution is 2.38. The number of hydrogen-bond donors (Lipinski definition) is 3. The number of benzene rings is 2. The third kappa shape index (κ3) is 5.55. The van der Waals surface area contributed by atoms with E-state index in [0.717, 1.165) is 31.2 Å². The summed E-state index contributed by atoms with van der Waals surface area (Å²) in [6, 6.07) is 14.9. The molecule has 0 spiro atoms. The van der Waals surface area contributed by atoms with Crippen molar-refractivity contribution in [2.45, 2.75) is 58.0 Å². The van der Waals surface area contributed by atoms with Gasteiger partial charge in [-0.05, 0) is 79.1 Å². The van der Waals surface area contributed by atoms with Gasteiger partial charge in [-0.3, -0.25) is 24.3 Å². The maximum Gasteiger partial charge on any atom is 0.324 e. The molecular formula is C30H34FN3O4. The first-order valence-electron chi connectivity index (χ1n) is 13.0. The molecule has 2 aromatic carbocycles. The molecule has 0 aliphatic heterocycles. The number of carboxylic acids is 1. The Morgan fingerprint density at radius 1 is 1.05 bits per heavy atom. The number of anilines is 1. The molecule has 7 nitrogen and oxygen atoms in total. The fraction of sp³-hybridized carbons (Fsp3) is 0.367. The fourth-order valence-corrected chi connectivity index (χ4v) is 5.57. The quantitative estimate of drug-likeness (QED) is 0.327. The second-order valence-electron chi connectivity index (χ2n) is 10.5. The predicted octanol–water partition coefficient (Wildman–Crippen LogP) is 4.94. The number of nitrogens with one attached hydrogen (secondary N) is 1. The Hall–Kier alpha value is -3.78. The van der Waals surface area contributed by atoms with Crippen molar-refractivity contribution in [1.29, 1.82) is 0 Å². The largest absolute Gasteiger partial charge is 0.480 e. The number of nitrogens with two attached hydrogens (primary N) is 1. The Balaban J connectivity index is 1.58. The molecule has 0 unspecified atom stereocenters. The number of carbonyl (C=O) groups excluding carboxylic acids is 1. The molecule has 0 amide bonds. The molecule has 3 aromatic rings. The summed E-state index contributed by atoms with van der Waals surface area (Å²) < 4.78 is 14.5. The Labute approximate surface area is 221 Å². The molecule has 200 valence electrons. The van der Waals surface area contributed by atoms with Crippen LogP contribution < -0.4 is 16.6 Å². The molecule has 1 aliphatic rings. The first-order valence-corrected chi connectivity index (χ1v) is 13.0. The molecule has 1 aromatic heterocycles. The van der Waals surface area contributed by atoms with Gasteiger partial charge in [0, 0.05) is 18.2 Å². The molecule has 38 heavy (non-hydrogen) atoms. The van der Waals surface area contributed by atoms with Gasteiger partial charge >= 0.3 is 5.97 Å². The van der Waals surface area contributed by atoms with E-state index in [4.69, 9.17) is 5.73 Å². The summed E-state index contributed by atoms with van der Waals surface area (Å²) in [6.07, 6.45) is 4.45. The summed E-state index contributed by atoms with van der Waals surface area (Å²) in [4.78, 5) is 38.2. The number of rotatable bonds is 10. The molecule has 1 heterocycles. The number of carbonyl (C=O) groups is 2. The van der Waals surface area contributed by atoms with Gasteiger partial charge < -0.3 is 10.8 Å². The van der Waals surface area contributed by atoms with E-state index in [1.54, 1.807) is 12.1 Å². The molecule has 1 atom stereocenters. The Morgan fingerprint density at radius 2 is 1.68 bits per heavy atom. The molecule has 1 fully saturated rings. The summed E-state index contributed by atoms with van der Waals surface area (Å²) in [5.41, 5.74) is 6.64. The van der Waals surface area contributed by atoms with Gasteiger partial charge in [-0.1, -0.05) is 38.8 Å². The standard InChI is InChI=1S/C30H34FN3O4/c1-19(2)17-30(29(37)38,22-5-3-4-6-22)33-18-20-7-13-24(14-8-20)34-26(35)16-15-25(28(34)32)27(36)21-9-11-23(31)12-10-21/h7-16,19,22,33H,3-6,17-18,32H2,1-2H3,(H,37,38)/t30-/m0/s1. The van der Waals surface area contributed by atoms with Crippen LogP contribution in [0.5, 0.6) is 0 Å². The van der Waals surface area contributed by atoms with Gasteiger partial charge in [-0.15, -0.1) is 0 Å². The van der Waals surface area contributed by atoms with Crippen LogP contribution in [-0.4, -0.2) is 27.0 Å². The number of aromatic nitrogens is 1. The van der Waals surface area contributed by atoms with Gasteiger partial charge in [0.2, 0.25) is 0 Å². The monoisotopic (exact) mass is 519 g/mol. The van der Waals surface area contributed by atoms with Gasteiger partial charge in [-0.25, -0.2) is 4.39 Å². The minimum absolute atomic E-state index is 0.0132. The second kappa shape index (κ2) is 11.3. The highest BCUT2D eigenvalue weighted by molar-refractivity contribution is 6.11. The maximum absolute atomic E-state index is 13.3. The van der Waals surface area contributed by atoms with E-state index in [9.17, 15) is 23.9 Å². The molecule has 1 aliphatic carbocycles. The summed E-state index contributed by atoms with van der Waals surface area (Å²) in [7, 11) is 0. The summed E-state index contributed by atoms with van der Waals surface area (Å²) in [5.74, 6) is -1.39. The number of halogens is 1. The van der Waals surface area contributed by atoms with Crippen molar-refractivity contribution in [2.24, 2.45) is 11.8 Å². The average Bonchev–Trinajstić information content (AvgIpc) is 3.43. The topological polar surface area (TPSA) is 114 Å². The first kappa shape index (κ1) is 27.3. The lowest BCUT2D eigenvalue weighted by molar-refractivity contribution is -0.148. The van der Waals surface area contributed by atoms with Crippen LogP contribution in [0.3, 0.4) is 0 Å². The molecule has 1 saturated carbocycles. The predicted molar refractivity (Wildman–Crippen MR) is 145 cm³/mol. The Morgan fingerprint density at radius 3 is 2.26 bits per heavy atom. The van der Waals surface area contributed by atoms with E-state index in [1.807, 2.05) is 26.0 Å². The summed E-state index contributed by atoms with van der Waals surface area (Å²) >= 11 is 0. The smallest absolute Gasteiger partial charge is 0.324 e. The lowest BCUT2D eigenvalue weighted by Crippen LogP contribution is -2.57. The molecule has 4 N–H and O–H groups in total. The van der Waals surface area contributed by atoms with Crippen LogP contribution in [0.15, 0.2) is 65.5 Å². The summed E-state index contributed by atoms with van der Waals surface area (Å²) in [6.45, 7) is 4.45. The lowest BCUT2D eigenvalue weighted by atomic mass is 9.76. The van der Waals surface area contributed by atoms with Gasteiger partial charge in [-0.2, -0.15) is 0 Å². The van der Waals surface area contributed by atoms with Crippen molar-refractivity contribution >= 4 is 17.6 Å². The van der Waals surface area contributed by atoms with Crippen LogP contribution in [0.2, 0.25) is 0 Å². The van der Waals surface area contributed by atoms with Crippen molar-refractivity contribution in [3.63, 3.8) is 0 Å². The number of aliphatic carboxylic acids is 1. The van der Waals surface area contributed by atoms with Crippen molar-refractivity contribution < 1.29 is 19.1 Å². The van der Waals surface area contributed by atoms with E-state index in [1.165, 1.54) is 41.0 Å². The molecule has 0 bridgehead atoms. The first-order chi connectivity index (χ1) is 18.1. The van der Waals surface area contributed by atoms with E-state index < -0.39 is 28.7 Å². The molecule has 0 radical (unpaired) electrons. The molecular weight excluding hydrogens is 485 g/mol. The third-order valence-electron chi connectivity index (χ3n) is 7.45. The summed E-state index contributed by atoms with van der Waals surface area (Å²) in [5, 5.41) is 13.7. The van der Waals surface area contributed by atoms with Gasteiger partial charge in [0.05, 0.1) is 11.3 Å². The lowest BCUT2D eigenvalue weighted by Gasteiger charge is -2.38. The molecule has 0 saturated heterocycles. The van der Waals surface area contributed by atoms with Crippen LogP contribution >= 0.6 is 0 Å². The zero-order valence-electron chi connectivity index (χ0n) is 21.7. The van der Waals surface area contributed by atoms with Crippen molar-refractivity contribution in [3.05, 3.63) is 93.5 Å².